The summed E-state index contributed by atoms with van der Waals surface area (Å²) >= 11 is 13.2. The molecule has 2 rings (SSSR count). The van der Waals surface area contributed by atoms with Gasteiger partial charge in [-0.05, 0) is 18.5 Å². The molecule has 20 heavy (non-hydrogen) atoms. The third-order valence-electron chi connectivity index (χ3n) is 3.09. The summed E-state index contributed by atoms with van der Waals surface area (Å²) in [4.78, 5) is 12.0. The topological polar surface area (TPSA) is 79.8 Å². The second kappa shape index (κ2) is 6.67. The van der Waals surface area contributed by atoms with E-state index in [2.05, 4.69) is 14.0 Å². The second-order valence-corrected chi connectivity index (χ2v) is 5.78. The molecule has 1 aromatic carbocycles. The molecular weight excluding hydrogens is 319 g/mol. The number of nitrogens with one attached hydrogen (secondary N) is 1. The summed E-state index contributed by atoms with van der Waals surface area (Å²) in [5.41, 5.74) is 7.12. The highest BCUT2D eigenvalue weighted by Gasteiger charge is 2.21. The summed E-state index contributed by atoms with van der Waals surface area (Å²) in [5.74, 6) is 0.0194. The van der Waals surface area contributed by atoms with Crippen LogP contribution in [0.1, 0.15) is 19.8 Å². The molecule has 0 saturated heterocycles. The first-order chi connectivity index (χ1) is 9.56. The molecule has 108 valence electrons. The number of hydrogen-bond acceptors (Lipinski definition) is 4. The van der Waals surface area contributed by atoms with Crippen LogP contribution in [-0.4, -0.2) is 12.5 Å². The van der Waals surface area contributed by atoms with Crippen molar-refractivity contribution >= 4 is 57.5 Å². The summed E-state index contributed by atoms with van der Waals surface area (Å²) in [5, 5.41) is 3.56. The highest BCUT2D eigenvalue weighted by Crippen LogP contribution is 2.47. The minimum absolute atomic E-state index is 0.138. The largest absolute Gasteiger partial charge is 0.330 e. The predicted molar refractivity (Wildman–Crippen MR) is 84.1 cm³/mol. The van der Waals surface area contributed by atoms with E-state index in [1.54, 1.807) is 6.07 Å². The molecule has 0 fully saturated rings. The van der Waals surface area contributed by atoms with Crippen LogP contribution in [0.3, 0.4) is 0 Å². The van der Waals surface area contributed by atoms with Crippen LogP contribution in [0.2, 0.25) is 10.0 Å². The summed E-state index contributed by atoms with van der Waals surface area (Å²) in [6, 6.07) is 1.56. The third-order valence-corrected chi connectivity index (χ3v) is 4.21. The zero-order valence-corrected chi connectivity index (χ0v) is 13.1. The van der Waals surface area contributed by atoms with E-state index in [1.807, 2.05) is 6.92 Å². The Morgan fingerprint density at radius 3 is 2.75 bits per heavy atom. The average molecular weight is 333 g/mol. The zero-order chi connectivity index (χ0) is 14.7. The number of carbonyl (C=O) groups is 1. The van der Waals surface area contributed by atoms with Gasteiger partial charge in [-0.15, -0.1) is 0 Å². The normalized spacial score (nSPS) is 13.8. The predicted octanol–water partition coefficient (Wildman–Crippen LogP) is 4.03. The molecule has 5 nitrogen and oxygen atoms in total. The molecule has 1 atom stereocenters. The Morgan fingerprint density at radius 2 is 2.10 bits per heavy atom. The maximum Gasteiger partial charge on any atom is 0.224 e. The van der Waals surface area contributed by atoms with Crippen LogP contribution in [0.25, 0.3) is 0 Å². The summed E-state index contributed by atoms with van der Waals surface area (Å²) < 4.78 is 8.22. The summed E-state index contributed by atoms with van der Waals surface area (Å²) in [6.45, 7) is 2.48. The van der Waals surface area contributed by atoms with Gasteiger partial charge in [-0.3, -0.25) is 4.79 Å². The fraction of sp³-hybridized carbons (Fsp3) is 0.417. The van der Waals surface area contributed by atoms with E-state index in [-0.39, 0.29) is 11.8 Å². The Bertz CT molecular complexity index is 610. The van der Waals surface area contributed by atoms with E-state index < -0.39 is 0 Å². The lowest BCUT2D eigenvalue weighted by Crippen LogP contribution is -2.21. The minimum Gasteiger partial charge on any atom is -0.330 e. The number of hydrogen-bond donors (Lipinski definition) is 2. The number of benzene rings is 1. The summed E-state index contributed by atoms with van der Waals surface area (Å²) in [6.07, 6.45) is 1.21. The molecule has 1 aliphatic heterocycles. The standard InChI is InChI=1S/C12H14Cl2N4OS/c1-2-6(5-15)3-9(19)16-10-7(13)4-8(14)11-12(10)18-20-17-11/h4,6H,2-3,5,15H2,1H3,(H,16,19). The molecular formula is C12H14Cl2N4OS. The molecule has 1 aliphatic rings. The molecule has 0 radical (unpaired) electrons. The highest BCUT2D eigenvalue weighted by molar-refractivity contribution is 7.58. The molecule has 3 N–H and O–H groups in total. The molecule has 0 spiro atoms. The van der Waals surface area contributed by atoms with Crippen molar-refractivity contribution in [3.63, 3.8) is 0 Å². The lowest BCUT2D eigenvalue weighted by molar-refractivity contribution is -0.117. The van der Waals surface area contributed by atoms with Crippen LogP contribution < -0.4 is 11.1 Å². The number of rotatable bonds is 5. The van der Waals surface area contributed by atoms with Gasteiger partial charge in [0.25, 0.3) is 0 Å². The van der Waals surface area contributed by atoms with Crippen molar-refractivity contribution in [3.05, 3.63) is 16.1 Å². The fourth-order valence-electron chi connectivity index (χ4n) is 1.84. The molecule has 1 amide bonds. The Hall–Kier alpha value is -0.950. The number of anilines is 1. The van der Waals surface area contributed by atoms with Gasteiger partial charge in [-0.25, -0.2) is 0 Å². The maximum atomic E-state index is 12.0. The van der Waals surface area contributed by atoms with E-state index in [0.29, 0.717) is 40.1 Å². The maximum absolute atomic E-state index is 12.0. The van der Waals surface area contributed by atoms with Crippen molar-refractivity contribution < 1.29 is 4.79 Å². The van der Waals surface area contributed by atoms with Crippen LogP contribution in [-0.2, 0) is 16.1 Å². The number of halogens is 2. The smallest absolute Gasteiger partial charge is 0.224 e. The number of nitrogens with zero attached hydrogens (tertiary/aromatic N) is 2. The minimum atomic E-state index is -0.138. The monoisotopic (exact) mass is 332 g/mol. The van der Waals surface area contributed by atoms with Crippen molar-refractivity contribution in [3.8, 4) is 0 Å². The fourth-order valence-corrected chi connectivity index (χ4v) is 3.00. The first-order valence-corrected chi connectivity index (χ1v) is 7.65. The number of nitrogens with two attached hydrogens (primary N) is 1. The van der Waals surface area contributed by atoms with Gasteiger partial charge in [-0.2, -0.15) is 8.73 Å². The van der Waals surface area contributed by atoms with Crippen molar-refractivity contribution in [1.29, 1.82) is 0 Å². The lowest BCUT2D eigenvalue weighted by atomic mass is 10.0. The van der Waals surface area contributed by atoms with Gasteiger partial charge in [0.15, 0.2) is 0 Å². The Labute approximate surface area is 130 Å². The molecule has 1 heterocycles. The molecule has 0 aromatic heterocycles. The van der Waals surface area contributed by atoms with Gasteiger partial charge in [0.05, 0.1) is 27.1 Å². The second-order valence-electron chi connectivity index (χ2n) is 4.44. The van der Waals surface area contributed by atoms with Gasteiger partial charge in [0.1, 0.15) is 11.4 Å². The van der Waals surface area contributed by atoms with Gasteiger partial charge in [0.2, 0.25) is 5.91 Å². The first-order valence-electron chi connectivity index (χ1n) is 6.17. The van der Waals surface area contributed by atoms with Crippen LogP contribution in [0.4, 0.5) is 17.1 Å². The van der Waals surface area contributed by atoms with Crippen LogP contribution >= 0.6 is 23.2 Å². The molecule has 0 aliphatic carbocycles. The Morgan fingerprint density at radius 1 is 1.40 bits per heavy atom. The molecule has 0 saturated carbocycles. The lowest BCUT2D eigenvalue weighted by Gasteiger charge is -2.14. The van der Waals surface area contributed by atoms with Crippen LogP contribution in [0.15, 0.2) is 14.8 Å². The Kier molecular flexibility index (Phi) is 5.15. The molecule has 1 aromatic rings. The third kappa shape index (κ3) is 3.20. The van der Waals surface area contributed by atoms with Crippen LogP contribution in [0, 0.1) is 5.92 Å². The van der Waals surface area contributed by atoms with Crippen molar-refractivity contribution in [1.82, 2.24) is 0 Å². The number of amides is 1. The van der Waals surface area contributed by atoms with E-state index in [4.69, 9.17) is 28.9 Å². The average Bonchev–Trinajstić information content (AvgIpc) is 2.90. The molecule has 8 heteroatoms. The van der Waals surface area contributed by atoms with Crippen molar-refractivity contribution in [2.75, 3.05) is 11.9 Å². The quantitative estimate of drug-likeness (QED) is 0.866. The van der Waals surface area contributed by atoms with Gasteiger partial charge in [0, 0.05) is 6.42 Å². The van der Waals surface area contributed by atoms with E-state index in [1.165, 1.54) is 0 Å². The SMILES string of the molecule is CCC(CN)CC(=O)Nc1c(Cl)cc(Cl)c2c1N=S=N2. The van der Waals surface area contributed by atoms with Crippen molar-refractivity contribution in [2.45, 2.75) is 19.8 Å². The number of carbonyl (C=O) groups excluding carboxylic acids is 1. The molecule has 0 bridgehead atoms. The highest BCUT2D eigenvalue weighted by atomic mass is 35.5. The van der Waals surface area contributed by atoms with E-state index in [9.17, 15) is 4.79 Å². The van der Waals surface area contributed by atoms with Crippen LogP contribution in [0.5, 0.6) is 0 Å². The number of fused-ring (bicyclic) bond motifs is 1. The molecule has 1 unspecified atom stereocenters. The zero-order valence-electron chi connectivity index (χ0n) is 10.8. The van der Waals surface area contributed by atoms with E-state index in [0.717, 1.165) is 17.8 Å². The summed E-state index contributed by atoms with van der Waals surface area (Å²) in [7, 11) is 0. The first kappa shape index (κ1) is 15.4. The Balaban J connectivity index is 2.21. The van der Waals surface area contributed by atoms with E-state index >= 15 is 0 Å². The van der Waals surface area contributed by atoms with Gasteiger partial charge < -0.3 is 11.1 Å². The van der Waals surface area contributed by atoms with Gasteiger partial charge >= 0.3 is 0 Å². The van der Waals surface area contributed by atoms with Gasteiger partial charge in [-0.1, -0.05) is 36.5 Å². The van der Waals surface area contributed by atoms with Crippen molar-refractivity contribution in [2.24, 2.45) is 20.4 Å².